The Morgan fingerprint density at radius 2 is 2.19 bits per heavy atom. The van der Waals surface area contributed by atoms with Crippen LogP contribution < -0.4 is 0 Å². The predicted octanol–water partition coefficient (Wildman–Crippen LogP) is 2.33. The number of carbonyl (C=O) groups is 2. The molecule has 0 spiro atoms. The molecule has 1 aromatic rings. The molecular weight excluding hydrogens is 230 g/mol. The quantitative estimate of drug-likeness (QED) is 0.763. The maximum absolute atomic E-state index is 11.9. The van der Waals surface area contributed by atoms with E-state index in [0.717, 1.165) is 0 Å². The van der Waals surface area contributed by atoms with Gasteiger partial charge < -0.3 is 5.11 Å². The Labute approximate surface area is 96.6 Å². The number of ketones is 1. The fourth-order valence-corrected chi connectivity index (χ4v) is 1.87. The van der Waals surface area contributed by atoms with Crippen molar-refractivity contribution in [2.75, 3.05) is 0 Å². The SMILES string of the molecule is CC1=Nc2ccc(Cl)cc2C(=O)C1C(=O)O. The van der Waals surface area contributed by atoms with Crippen LogP contribution in [0.3, 0.4) is 0 Å². The summed E-state index contributed by atoms with van der Waals surface area (Å²) >= 11 is 5.76. The second kappa shape index (κ2) is 3.72. The zero-order chi connectivity index (χ0) is 11.9. The van der Waals surface area contributed by atoms with Gasteiger partial charge in [-0.2, -0.15) is 0 Å². The van der Waals surface area contributed by atoms with Crippen LogP contribution in [-0.4, -0.2) is 22.6 Å². The highest BCUT2D eigenvalue weighted by Gasteiger charge is 2.34. The summed E-state index contributed by atoms with van der Waals surface area (Å²) in [5, 5.41) is 9.33. The largest absolute Gasteiger partial charge is 0.480 e. The number of aliphatic carboxylic acids is 1. The van der Waals surface area contributed by atoms with Gasteiger partial charge in [0.25, 0.3) is 0 Å². The van der Waals surface area contributed by atoms with Gasteiger partial charge in [-0.15, -0.1) is 0 Å². The van der Waals surface area contributed by atoms with Gasteiger partial charge in [0.05, 0.1) is 5.69 Å². The summed E-state index contributed by atoms with van der Waals surface area (Å²) in [5.41, 5.74) is 1.04. The Kier molecular flexibility index (Phi) is 2.52. The number of aliphatic imine (C=N–C) groups is 1. The summed E-state index contributed by atoms with van der Waals surface area (Å²) < 4.78 is 0. The first kappa shape index (κ1) is 10.8. The Morgan fingerprint density at radius 3 is 2.81 bits per heavy atom. The normalized spacial score (nSPS) is 19.0. The van der Waals surface area contributed by atoms with E-state index in [1.54, 1.807) is 12.1 Å². The highest BCUT2D eigenvalue weighted by Crippen LogP contribution is 2.30. The van der Waals surface area contributed by atoms with E-state index in [1.165, 1.54) is 13.0 Å². The summed E-state index contributed by atoms with van der Waals surface area (Å²) in [5.74, 6) is -2.83. The number of Topliss-reactive ketones (excluding diaryl/α,β-unsaturated/α-hetero) is 1. The standard InChI is InChI=1S/C11H8ClNO3/c1-5-9(11(15)16)10(14)7-4-6(12)2-3-8(7)13-5/h2-4,9H,1H3,(H,15,16). The lowest BCUT2D eigenvalue weighted by molar-refractivity contribution is -0.137. The third kappa shape index (κ3) is 1.61. The molecule has 1 aromatic carbocycles. The highest BCUT2D eigenvalue weighted by atomic mass is 35.5. The lowest BCUT2D eigenvalue weighted by Crippen LogP contribution is -2.32. The number of carbonyl (C=O) groups excluding carboxylic acids is 1. The van der Waals surface area contributed by atoms with Gasteiger partial charge in [0.2, 0.25) is 0 Å². The molecule has 0 amide bonds. The minimum Gasteiger partial charge on any atom is -0.480 e. The van der Waals surface area contributed by atoms with Gasteiger partial charge in [0, 0.05) is 16.3 Å². The van der Waals surface area contributed by atoms with Crippen molar-refractivity contribution in [1.82, 2.24) is 0 Å². The fourth-order valence-electron chi connectivity index (χ4n) is 1.69. The van der Waals surface area contributed by atoms with Gasteiger partial charge in [0.15, 0.2) is 11.7 Å². The highest BCUT2D eigenvalue weighted by molar-refractivity contribution is 6.32. The van der Waals surface area contributed by atoms with Crippen molar-refractivity contribution in [2.45, 2.75) is 6.92 Å². The van der Waals surface area contributed by atoms with Crippen LogP contribution in [-0.2, 0) is 4.79 Å². The van der Waals surface area contributed by atoms with Crippen molar-refractivity contribution in [1.29, 1.82) is 0 Å². The number of hydrogen-bond donors (Lipinski definition) is 1. The van der Waals surface area contributed by atoms with Crippen molar-refractivity contribution >= 4 is 34.8 Å². The van der Waals surface area contributed by atoms with Gasteiger partial charge in [0.1, 0.15) is 0 Å². The molecule has 4 nitrogen and oxygen atoms in total. The Bertz CT molecular complexity index is 522. The molecule has 1 N–H and O–H groups in total. The number of benzene rings is 1. The molecule has 16 heavy (non-hydrogen) atoms. The van der Waals surface area contributed by atoms with Gasteiger partial charge in [-0.25, -0.2) is 0 Å². The Hall–Kier alpha value is -1.68. The van der Waals surface area contributed by atoms with Crippen molar-refractivity contribution in [3.05, 3.63) is 28.8 Å². The molecule has 1 heterocycles. The van der Waals surface area contributed by atoms with Gasteiger partial charge in [-0.3, -0.25) is 14.6 Å². The zero-order valence-electron chi connectivity index (χ0n) is 8.40. The summed E-state index contributed by atoms with van der Waals surface area (Å²) in [6, 6.07) is 4.67. The lowest BCUT2D eigenvalue weighted by atomic mass is 9.90. The maximum atomic E-state index is 11.9. The summed E-state index contributed by atoms with van der Waals surface area (Å²) in [7, 11) is 0. The van der Waals surface area contributed by atoms with Crippen LogP contribution in [0.15, 0.2) is 23.2 Å². The Morgan fingerprint density at radius 1 is 1.50 bits per heavy atom. The lowest BCUT2D eigenvalue weighted by Gasteiger charge is -2.18. The van der Waals surface area contributed by atoms with E-state index in [-0.39, 0.29) is 5.56 Å². The van der Waals surface area contributed by atoms with Crippen LogP contribution in [0, 0.1) is 5.92 Å². The predicted molar refractivity (Wildman–Crippen MR) is 59.7 cm³/mol. The van der Waals surface area contributed by atoms with E-state index < -0.39 is 17.7 Å². The number of carboxylic acids is 1. The van der Waals surface area contributed by atoms with Crippen LogP contribution in [0.1, 0.15) is 17.3 Å². The minimum absolute atomic E-state index is 0.269. The number of nitrogens with zero attached hydrogens (tertiary/aromatic N) is 1. The van der Waals surface area contributed by atoms with Crippen LogP contribution >= 0.6 is 11.6 Å². The van der Waals surface area contributed by atoms with Crippen LogP contribution in [0.2, 0.25) is 5.02 Å². The van der Waals surface area contributed by atoms with E-state index >= 15 is 0 Å². The smallest absolute Gasteiger partial charge is 0.320 e. The van der Waals surface area contributed by atoms with Crippen LogP contribution in [0.25, 0.3) is 0 Å². The summed E-state index contributed by atoms with van der Waals surface area (Å²) in [6.45, 7) is 1.54. The van der Waals surface area contributed by atoms with Gasteiger partial charge in [-0.1, -0.05) is 11.6 Å². The molecule has 0 radical (unpaired) electrons. The second-order valence-corrected chi connectivity index (χ2v) is 3.99. The number of rotatable bonds is 1. The molecule has 0 saturated carbocycles. The molecule has 0 aliphatic carbocycles. The summed E-state index contributed by atoms with van der Waals surface area (Å²) in [4.78, 5) is 26.9. The first-order chi connectivity index (χ1) is 7.50. The minimum atomic E-state index is -1.19. The van der Waals surface area contributed by atoms with Crippen LogP contribution in [0.5, 0.6) is 0 Å². The summed E-state index contributed by atoms with van der Waals surface area (Å²) in [6.07, 6.45) is 0. The molecule has 0 saturated heterocycles. The number of carboxylic acid groups (broad SMARTS) is 1. The molecule has 5 heteroatoms. The third-order valence-electron chi connectivity index (χ3n) is 2.45. The molecule has 0 aromatic heterocycles. The van der Waals surface area contributed by atoms with E-state index in [4.69, 9.17) is 16.7 Å². The third-order valence-corrected chi connectivity index (χ3v) is 2.68. The molecule has 1 aliphatic heterocycles. The monoisotopic (exact) mass is 237 g/mol. The molecular formula is C11H8ClNO3. The van der Waals surface area contributed by atoms with Gasteiger partial charge >= 0.3 is 5.97 Å². The fraction of sp³-hybridized carbons (Fsp3) is 0.182. The first-order valence-electron chi connectivity index (χ1n) is 4.62. The second-order valence-electron chi connectivity index (χ2n) is 3.55. The van der Waals surface area contributed by atoms with Crippen molar-refractivity contribution in [3.8, 4) is 0 Å². The average molecular weight is 238 g/mol. The topological polar surface area (TPSA) is 66.7 Å². The molecule has 2 rings (SSSR count). The average Bonchev–Trinajstić information content (AvgIpc) is 2.19. The van der Waals surface area contributed by atoms with E-state index in [0.29, 0.717) is 16.4 Å². The number of halogens is 1. The first-order valence-corrected chi connectivity index (χ1v) is 5.00. The molecule has 1 aliphatic rings. The molecule has 0 fully saturated rings. The molecule has 0 bridgehead atoms. The molecule has 1 atom stereocenters. The van der Waals surface area contributed by atoms with Crippen molar-refractivity contribution < 1.29 is 14.7 Å². The number of fused-ring (bicyclic) bond motifs is 1. The van der Waals surface area contributed by atoms with E-state index in [2.05, 4.69) is 4.99 Å². The van der Waals surface area contributed by atoms with Crippen molar-refractivity contribution in [3.63, 3.8) is 0 Å². The van der Waals surface area contributed by atoms with Crippen LogP contribution in [0.4, 0.5) is 5.69 Å². The molecule has 82 valence electrons. The van der Waals surface area contributed by atoms with E-state index in [1.807, 2.05) is 0 Å². The molecule has 1 unspecified atom stereocenters. The van der Waals surface area contributed by atoms with E-state index in [9.17, 15) is 9.59 Å². The number of hydrogen-bond acceptors (Lipinski definition) is 3. The zero-order valence-corrected chi connectivity index (χ0v) is 9.15. The van der Waals surface area contributed by atoms with Gasteiger partial charge in [-0.05, 0) is 25.1 Å². The maximum Gasteiger partial charge on any atom is 0.320 e. The van der Waals surface area contributed by atoms with Crippen molar-refractivity contribution in [2.24, 2.45) is 10.9 Å². The Balaban J connectivity index is 2.61.